The molecule has 0 radical (unpaired) electrons. The van der Waals surface area contributed by atoms with Gasteiger partial charge in [0.25, 0.3) is 0 Å². The molecule has 1 aliphatic rings. The van der Waals surface area contributed by atoms with Crippen LogP contribution in [0.25, 0.3) is 0 Å². The molecule has 0 aliphatic carbocycles. The maximum absolute atomic E-state index is 11.6. The number of hydrogen-bond acceptors (Lipinski definition) is 5. The minimum Gasteiger partial charge on any atom is -0.381 e. The van der Waals surface area contributed by atoms with Crippen LogP contribution in [0.15, 0.2) is 0 Å². The van der Waals surface area contributed by atoms with Gasteiger partial charge in [0, 0.05) is 38.2 Å². The van der Waals surface area contributed by atoms with E-state index in [1.165, 1.54) is 103 Å². The van der Waals surface area contributed by atoms with Crippen molar-refractivity contribution in [1.82, 2.24) is 0 Å². The van der Waals surface area contributed by atoms with E-state index in [2.05, 4.69) is 6.92 Å². The molecule has 2 N–H and O–H groups in total. The van der Waals surface area contributed by atoms with Gasteiger partial charge < -0.3 is 28.4 Å². The fourth-order valence-corrected chi connectivity index (χ4v) is 5.54. The monoisotopic (exact) mass is 518 g/mol. The first kappa shape index (κ1) is 32.9. The van der Waals surface area contributed by atoms with Crippen molar-refractivity contribution >= 4 is 14.4 Å². The van der Waals surface area contributed by atoms with E-state index in [1.807, 2.05) is 0 Å². The molecule has 1 heterocycles. The van der Waals surface area contributed by atoms with Crippen molar-refractivity contribution < 1.29 is 28.4 Å². The summed E-state index contributed by atoms with van der Waals surface area (Å²) in [5.41, 5.74) is 0. The fourth-order valence-electron chi connectivity index (χ4n) is 4.84. The molecule has 0 spiro atoms. The smallest absolute Gasteiger partial charge is 0.329 e. The number of nitrogens with one attached hydrogen (secondary N) is 1. The first-order valence-electron chi connectivity index (χ1n) is 14.8. The number of hydrogen-bond donors (Lipinski definition) is 2. The Labute approximate surface area is 217 Å². The topological polar surface area (TPSA) is 69.4 Å². The number of quaternary nitrogens is 1. The standard InChI is InChI=1S/C28H56NO5P/c1-3-4-5-6-7-8-9-10-11-12-13-14-17-22-32-25-28(24-27(2)30)26-34-35(31)33-23-18-21-29-19-15-16-20-29/h28,31H,3-26H2,1-2H3/p+1. The van der Waals surface area contributed by atoms with Gasteiger partial charge in [-0.15, -0.1) is 0 Å². The number of carbonyl (C=O) groups excluding carboxylic acids is 1. The van der Waals surface area contributed by atoms with E-state index >= 15 is 0 Å². The quantitative estimate of drug-likeness (QED) is 0.108. The van der Waals surface area contributed by atoms with Crippen LogP contribution in [0, 0.1) is 5.92 Å². The molecule has 208 valence electrons. The van der Waals surface area contributed by atoms with Gasteiger partial charge >= 0.3 is 8.60 Å². The molecule has 0 saturated carbocycles. The molecule has 1 fully saturated rings. The highest BCUT2D eigenvalue weighted by atomic mass is 31.2. The van der Waals surface area contributed by atoms with Crippen molar-refractivity contribution in [3.05, 3.63) is 0 Å². The molecule has 0 bridgehead atoms. The summed E-state index contributed by atoms with van der Waals surface area (Å²) in [5, 5.41) is 0. The van der Waals surface area contributed by atoms with Gasteiger partial charge in [0.05, 0.1) is 39.5 Å². The van der Waals surface area contributed by atoms with Gasteiger partial charge in [-0.1, -0.05) is 84.0 Å². The first-order chi connectivity index (χ1) is 17.1. The molecule has 1 rings (SSSR count). The number of ether oxygens (including phenoxy) is 1. The lowest BCUT2D eigenvalue weighted by atomic mass is 10.0. The van der Waals surface area contributed by atoms with Crippen LogP contribution in [0.1, 0.15) is 123 Å². The Morgan fingerprint density at radius 1 is 0.800 bits per heavy atom. The third kappa shape index (κ3) is 21.7. The minimum absolute atomic E-state index is 0.0238. The maximum Gasteiger partial charge on any atom is 0.329 e. The molecular formula is C28H57NO5P+. The zero-order valence-corrected chi connectivity index (χ0v) is 24.0. The summed E-state index contributed by atoms with van der Waals surface area (Å²) in [7, 11) is -1.88. The van der Waals surface area contributed by atoms with Gasteiger partial charge in [-0.2, -0.15) is 0 Å². The predicted octanol–water partition coefficient (Wildman–Crippen LogP) is 6.01. The number of ketones is 1. The van der Waals surface area contributed by atoms with Crippen molar-refractivity contribution in [3.63, 3.8) is 0 Å². The molecule has 0 aromatic carbocycles. The number of likely N-dealkylation sites (tertiary alicyclic amines) is 1. The third-order valence-electron chi connectivity index (χ3n) is 6.93. The van der Waals surface area contributed by atoms with Gasteiger partial charge in [0.15, 0.2) is 0 Å². The number of carbonyl (C=O) groups is 1. The van der Waals surface area contributed by atoms with Gasteiger partial charge in [-0.25, -0.2) is 0 Å². The van der Waals surface area contributed by atoms with E-state index in [0.29, 0.717) is 26.2 Å². The molecule has 35 heavy (non-hydrogen) atoms. The maximum atomic E-state index is 11.6. The van der Waals surface area contributed by atoms with Crippen LogP contribution in [0.2, 0.25) is 0 Å². The summed E-state index contributed by atoms with van der Waals surface area (Å²) in [6.07, 6.45) is 21.4. The third-order valence-corrected chi connectivity index (χ3v) is 7.70. The molecule has 0 aromatic heterocycles. The average Bonchev–Trinajstić information content (AvgIpc) is 3.36. The Bertz CT molecular complexity index is 476. The summed E-state index contributed by atoms with van der Waals surface area (Å²) in [6.45, 7) is 9.55. The lowest BCUT2D eigenvalue weighted by molar-refractivity contribution is -0.887. The summed E-state index contributed by atoms with van der Waals surface area (Å²) < 4.78 is 16.8. The summed E-state index contributed by atoms with van der Waals surface area (Å²) >= 11 is 0. The molecule has 1 aliphatic heterocycles. The van der Waals surface area contributed by atoms with Crippen LogP contribution in [-0.2, 0) is 18.6 Å². The highest BCUT2D eigenvalue weighted by Crippen LogP contribution is 2.33. The Kier molecular flexibility index (Phi) is 22.8. The van der Waals surface area contributed by atoms with Crippen molar-refractivity contribution in [2.75, 3.05) is 46.1 Å². The summed E-state index contributed by atoms with van der Waals surface area (Å²) in [5.74, 6) is 0.101. The van der Waals surface area contributed by atoms with E-state index < -0.39 is 8.60 Å². The highest BCUT2D eigenvalue weighted by Gasteiger charge is 2.17. The van der Waals surface area contributed by atoms with Crippen molar-refractivity contribution in [1.29, 1.82) is 0 Å². The Hall–Kier alpha value is -0.100. The second-order valence-corrected chi connectivity index (χ2v) is 11.5. The van der Waals surface area contributed by atoms with Crippen LogP contribution in [0.3, 0.4) is 0 Å². The lowest BCUT2D eigenvalue weighted by Crippen LogP contribution is -3.10. The van der Waals surface area contributed by atoms with Crippen LogP contribution in [0.5, 0.6) is 0 Å². The number of Topliss-reactive ketones (excluding diaryl/α,β-unsaturated/α-hetero) is 1. The van der Waals surface area contributed by atoms with Crippen LogP contribution in [-0.4, -0.2) is 56.7 Å². The molecule has 7 heteroatoms. The Balaban J connectivity index is 1.94. The summed E-state index contributed by atoms with van der Waals surface area (Å²) in [6, 6.07) is 0. The Morgan fingerprint density at radius 3 is 1.94 bits per heavy atom. The number of unbranched alkanes of at least 4 members (excludes halogenated alkanes) is 12. The minimum atomic E-state index is -1.88. The molecule has 0 amide bonds. The zero-order valence-electron chi connectivity index (χ0n) is 23.1. The SMILES string of the molecule is CCCCCCCCCCCCCCCOCC(COP(O)OCCC[NH+]1CCCC1)CC(C)=O. The molecule has 6 nitrogen and oxygen atoms in total. The van der Waals surface area contributed by atoms with Crippen molar-refractivity contribution in [2.24, 2.45) is 5.92 Å². The van der Waals surface area contributed by atoms with E-state index in [9.17, 15) is 9.69 Å². The molecular weight excluding hydrogens is 461 g/mol. The largest absolute Gasteiger partial charge is 0.381 e. The number of rotatable bonds is 26. The van der Waals surface area contributed by atoms with E-state index in [-0.39, 0.29) is 11.7 Å². The van der Waals surface area contributed by atoms with Gasteiger partial charge in [0.2, 0.25) is 0 Å². The van der Waals surface area contributed by atoms with Crippen LogP contribution >= 0.6 is 8.60 Å². The molecule has 1 saturated heterocycles. The van der Waals surface area contributed by atoms with Crippen molar-refractivity contribution in [3.8, 4) is 0 Å². The van der Waals surface area contributed by atoms with E-state index in [1.54, 1.807) is 11.8 Å². The molecule has 0 aromatic rings. The predicted molar refractivity (Wildman–Crippen MR) is 146 cm³/mol. The molecule has 2 atom stereocenters. The summed E-state index contributed by atoms with van der Waals surface area (Å²) in [4.78, 5) is 23.2. The lowest BCUT2D eigenvalue weighted by Gasteiger charge is -2.18. The Morgan fingerprint density at radius 2 is 1.37 bits per heavy atom. The van der Waals surface area contributed by atoms with Crippen molar-refractivity contribution in [2.45, 2.75) is 123 Å². The normalized spacial score (nSPS) is 16.1. The van der Waals surface area contributed by atoms with Crippen LogP contribution in [0.4, 0.5) is 0 Å². The molecule has 2 unspecified atom stereocenters. The zero-order chi connectivity index (χ0) is 25.4. The van der Waals surface area contributed by atoms with E-state index in [4.69, 9.17) is 13.8 Å². The van der Waals surface area contributed by atoms with Gasteiger partial charge in [-0.05, 0) is 13.3 Å². The first-order valence-corrected chi connectivity index (χ1v) is 15.9. The second-order valence-electron chi connectivity index (χ2n) is 10.5. The second kappa shape index (κ2) is 24.2. The van der Waals surface area contributed by atoms with Gasteiger partial charge in [0.1, 0.15) is 5.78 Å². The highest BCUT2D eigenvalue weighted by molar-refractivity contribution is 7.40. The average molecular weight is 519 g/mol. The van der Waals surface area contributed by atoms with Gasteiger partial charge in [-0.3, -0.25) is 0 Å². The van der Waals surface area contributed by atoms with Crippen LogP contribution < -0.4 is 4.90 Å². The fraction of sp³-hybridized carbons (Fsp3) is 0.964. The van der Waals surface area contributed by atoms with E-state index in [0.717, 1.165) is 26.0 Å².